The third kappa shape index (κ3) is 1.83. The largest absolute Gasteiger partial charge is 0.382 e. The number of aliphatic hydroxyl groups is 1. The van der Waals surface area contributed by atoms with Crippen molar-refractivity contribution < 1.29 is 5.11 Å². The number of aliphatic hydroxyl groups excluding tert-OH is 1. The highest BCUT2D eigenvalue weighted by atomic mass is 16.3. The summed E-state index contributed by atoms with van der Waals surface area (Å²) >= 11 is 0. The predicted octanol–water partition coefficient (Wildman–Crippen LogP) is 2.11. The topological polar surface area (TPSA) is 58.9 Å². The first kappa shape index (κ1) is 10.8. The van der Waals surface area contributed by atoms with Gasteiger partial charge in [0.2, 0.25) is 0 Å². The quantitative estimate of drug-likeness (QED) is 0.741. The fourth-order valence-electron chi connectivity index (χ4n) is 1.99. The van der Waals surface area contributed by atoms with E-state index in [9.17, 15) is 5.11 Å². The lowest BCUT2D eigenvalue weighted by molar-refractivity contribution is 0.216. The number of pyridine rings is 1. The molecule has 0 aliphatic carbocycles. The summed E-state index contributed by atoms with van der Waals surface area (Å²) in [5.41, 5.74) is 1.33. The molecule has 0 fully saturated rings. The zero-order chi connectivity index (χ0) is 12.4. The molecule has 2 heterocycles. The second-order valence-electron chi connectivity index (χ2n) is 3.98. The Morgan fingerprint density at radius 3 is 2.67 bits per heavy atom. The summed E-state index contributed by atoms with van der Waals surface area (Å²) in [7, 11) is 0. The molecular weight excluding hydrogens is 226 g/mol. The van der Waals surface area contributed by atoms with Crippen LogP contribution in [0, 0.1) is 0 Å². The van der Waals surface area contributed by atoms with Crippen molar-refractivity contribution >= 4 is 10.8 Å². The van der Waals surface area contributed by atoms with Gasteiger partial charge in [-0.05, 0) is 17.0 Å². The highest BCUT2D eigenvalue weighted by Crippen LogP contribution is 2.26. The van der Waals surface area contributed by atoms with Gasteiger partial charge in [-0.25, -0.2) is 0 Å². The van der Waals surface area contributed by atoms with Gasteiger partial charge in [0.1, 0.15) is 6.10 Å². The molecule has 3 aromatic rings. The lowest BCUT2D eigenvalue weighted by Gasteiger charge is -2.12. The van der Waals surface area contributed by atoms with Crippen LogP contribution in [0.4, 0.5) is 0 Å². The van der Waals surface area contributed by atoms with Crippen molar-refractivity contribution in [3.05, 3.63) is 66.5 Å². The van der Waals surface area contributed by atoms with Gasteiger partial charge in [-0.2, -0.15) is 0 Å². The highest BCUT2D eigenvalue weighted by molar-refractivity contribution is 5.85. The molecule has 0 radical (unpaired) electrons. The number of hydrogen-bond donors (Lipinski definition) is 1. The van der Waals surface area contributed by atoms with Crippen molar-refractivity contribution in [3.63, 3.8) is 0 Å². The third-order valence-corrected chi connectivity index (χ3v) is 2.88. The summed E-state index contributed by atoms with van der Waals surface area (Å²) in [6.45, 7) is 0. The van der Waals surface area contributed by atoms with Gasteiger partial charge in [-0.3, -0.25) is 15.0 Å². The molecule has 0 aliphatic rings. The highest BCUT2D eigenvalue weighted by Gasteiger charge is 2.14. The standard InChI is InChI=1S/C14H11N3O/c18-14(13-9-16-6-7-17-13)11-3-1-2-10-4-5-15-8-12(10)11/h1-9,14,18H. The molecule has 18 heavy (non-hydrogen) atoms. The first-order valence-electron chi connectivity index (χ1n) is 5.63. The number of rotatable bonds is 2. The van der Waals surface area contributed by atoms with Gasteiger partial charge in [-0.1, -0.05) is 18.2 Å². The molecule has 0 saturated carbocycles. The second-order valence-corrected chi connectivity index (χ2v) is 3.98. The fourth-order valence-corrected chi connectivity index (χ4v) is 1.99. The molecule has 1 aromatic carbocycles. The van der Waals surface area contributed by atoms with Crippen molar-refractivity contribution in [1.82, 2.24) is 15.0 Å². The van der Waals surface area contributed by atoms with Crippen LogP contribution >= 0.6 is 0 Å². The van der Waals surface area contributed by atoms with E-state index in [1.54, 1.807) is 31.0 Å². The van der Waals surface area contributed by atoms with E-state index in [2.05, 4.69) is 15.0 Å². The Morgan fingerprint density at radius 1 is 0.944 bits per heavy atom. The Morgan fingerprint density at radius 2 is 1.83 bits per heavy atom. The van der Waals surface area contributed by atoms with Crippen molar-refractivity contribution in [1.29, 1.82) is 0 Å². The first-order valence-corrected chi connectivity index (χ1v) is 5.63. The minimum Gasteiger partial charge on any atom is -0.382 e. The molecule has 3 rings (SSSR count). The van der Waals surface area contributed by atoms with Crippen LogP contribution in [0.3, 0.4) is 0 Å². The van der Waals surface area contributed by atoms with Crippen molar-refractivity contribution in [2.45, 2.75) is 6.10 Å². The van der Waals surface area contributed by atoms with Crippen LogP contribution in [0.1, 0.15) is 17.4 Å². The van der Waals surface area contributed by atoms with Gasteiger partial charge >= 0.3 is 0 Å². The molecule has 2 aromatic heterocycles. The summed E-state index contributed by atoms with van der Waals surface area (Å²) in [5.74, 6) is 0. The van der Waals surface area contributed by atoms with Crippen LogP contribution in [0.15, 0.2) is 55.2 Å². The summed E-state index contributed by atoms with van der Waals surface area (Å²) < 4.78 is 0. The maximum atomic E-state index is 10.4. The molecule has 0 amide bonds. The van der Waals surface area contributed by atoms with E-state index in [1.165, 1.54) is 0 Å². The van der Waals surface area contributed by atoms with Crippen molar-refractivity contribution in [2.24, 2.45) is 0 Å². The molecule has 1 N–H and O–H groups in total. The van der Waals surface area contributed by atoms with Gasteiger partial charge < -0.3 is 5.11 Å². The Labute approximate surface area is 104 Å². The van der Waals surface area contributed by atoms with E-state index in [1.807, 2.05) is 24.3 Å². The van der Waals surface area contributed by atoms with E-state index in [0.717, 1.165) is 16.3 Å². The lowest BCUT2D eigenvalue weighted by atomic mass is 10.0. The van der Waals surface area contributed by atoms with E-state index < -0.39 is 6.10 Å². The minimum atomic E-state index is -0.786. The van der Waals surface area contributed by atoms with E-state index >= 15 is 0 Å². The average molecular weight is 237 g/mol. The van der Waals surface area contributed by atoms with E-state index in [-0.39, 0.29) is 0 Å². The Kier molecular flexibility index (Phi) is 2.70. The average Bonchev–Trinajstić information content (AvgIpc) is 2.47. The monoisotopic (exact) mass is 237 g/mol. The van der Waals surface area contributed by atoms with Crippen molar-refractivity contribution in [2.75, 3.05) is 0 Å². The summed E-state index contributed by atoms with van der Waals surface area (Å²) in [6.07, 6.45) is 7.43. The summed E-state index contributed by atoms with van der Waals surface area (Å²) in [4.78, 5) is 12.2. The van der Waals surface area contributed by atoms with Crippen LogP contribution in [0.5, 0.6) is 0 Å². The fraction of sp³-hybridized carbons (Fsp3) is 0.0714. The van der Waals surface area contributed by atoms with Gasteiger partial charge in [0.15, 0.2) is 0 Å². The smallest absolute Gasteiger partial charge is 0.123 e. The molecule has 1 unspecified atom stereocenters. The van der Waals surface area contributed by atoms with Gasteiger partial charge in [-0.15, -0.1) is 0 Å². The molecule has 0 bridgehead atoms. The molecule has 0 spiro atoms. The second kappa shape index (κ2) is 4.50. The molecule has 4 nitrogen and oxygen atoms in total. The van der Waals surface area contributed by atoms with Gasteiger partial charge in [0.25, 0.3) is 0 Å². The molecule has 4 heteroatoms. The number of fused-ring (bicyclic) bond motifs is 1. The number of benzene rings is 1. The van der Waals surface area contributed by atoms with Crippen molar-refractivity contribution in [3.8, 4) is 0 Å². The Balaban J connectivity index is 2.15. The van der Waals surface area contributed by atoms with Gasteiger partial charge in [0.05, 0.1) is 11.9 Å². The molecule has 1 atom stereocenters. The maximum Gasteiger partial charge on any atom is 0.123 e. The third-order valence-electron chi connectivity index (χ3n) is 2.88. The Bertz CT molecular complexity index is 665. The molecule has 88 valence electrons. The van der Waals surface area contributed by atoms with Crippen LogP contribution in [-0.4, -0.2) is 20.1 Å². The maximum absolute atomic E-state index is 10.4. The zero-order valence-electron chi connectivity index (χ0n) is 9.56. The SMILES string of the molecule is OC(c1cnccn1)c1cccc2ccncc12. The molecule has 0 aliphatic heterocycles. The van der Waals surface area contributed by atoms with Gasteiger partial charge in [0, 0.05) is 30.2 Å². The number of hydrogen-bond acceptors (Lipinski definition) is 4. The van der Waals surface area contributed by atoms with Crippen LogP contribution in [0.2, 0.25) is 0 Å². The predicted molar refractivity (Wildman–Crippen MR) is 67.8 cm³/mol. The number of aromatic nitrogens is 3. The lowest BCUT2D eigenvalue weighted by Crippen LogP contribution is -2.03. The normalized spacial score (nSPS) is 12.5. The first-order chi connectivity index (χ1) is 8.86. The minimum absolute atomic E-state index is 0.536. The summed E-state index contributed by atoms with van der Waals surface area (Å²) in [6, 6.07) is 7.70. The van der Waals surface area contributed by atoms with Crippen LogP contribution in [0.25, 0.3) is 10.8 Å². The molecule has 0 saturated heterocycles. The van der Waals surface area contributed by atoms with Crippen LogP contribution < -0.4 is 0 Å². The van der Waals surface area contributed by atoms with E-state index in [0.29, 0.717) is 5.69 Å². The molecular formula is C14H11N3O. The number of nitrogens with zero attached hydrogens (tertiary/aromatic N) is 3. The summed E-state index contributed by atoms with van der Waals surface area (Å²) in [5, 5.41) is 12.3. The Hall–Kier alpha value is -2.33. The van der Waals surface area contributed by atoms with Crippen LogP contribution in [-0.2, 0) is 0 Å². The zero-order valence-corrected chi connectivity index (χ0v) is 9.56. The van der Waals surface area contributed by atoms with E-state index in [4.69, 9.17) is 0 Å².